The third-order valence-corrected chi connectivity index (χ3v) is 7.49. The van der Waals surface area contributed by atoms with Gasteiger partial charge < -0.3 is 14.4 Å². The zero-order valence-corrected chi connectivity index (χ0v) is 16.0. The fourth-order valence-corrected chi connectivity index (χ4v) is 6.95. The molecule has 0 unspecified atom stereocenters. The fourth-order valence-electron chi connectivity index (χ4n) is 2.97. The molecular weight excluding hydrogens is 388 g/mol. The maximum Gasteiger partial charge on any atom is 0.262 e. The first-order valence-electron chi connectivity index (χ1n) is 7.44. The van der Waals surface area contributed by atoms with Gasteiger partial charge in [0.25, 0.3) is 5.91 Å². The van der Waals surface area contributed by atoms with Crippen molar-refractivity contribution < 1.29 is 22.7 Å². The molecule has 0 aromatic heterocycles. The lowest BCUT2D eigenvalue weighted by atomic mass is 10.2. The molecule has 0 saturated carbocycles. The second-order valence-electron chi connectivity index (χ2n) is 5.63. The average molecular weight is 405 g/mol. The number of anilines is 1. The van der Waals surface area contributed by atoms with Crippen molar-refractivity contribution in [3.05, 3.63) is 18.2 Å². The molecule has 136 valence electrons. The minimum atomic E-state index is -3.13. The molecular formula is C15H17ClN2O5S2. The summed E-state index contributed by atoms with van der Waals surface area (Å²) in [6.45, 7) is 0. The van der Waals surface area contributed by atoms with E-state index >= 15 is 0 Å². The number of amides is 1. The number of hydrogen-bond donors (Lipinski definition) is 0. The molecule has 0 bridgehead atoms. The van der Waals surface area contributed by atoms with Crippen LogP contribution in [0.25, 0.3) is 0 Å². The Morgan fingerprint density at radius 2 is 2.12 bits per heavy atom. The Morgan fingerprint density at radius 3 is 2.76 bits per heavy atom. The average Bonchev–Trinajstić information content (AvgIpc) is 3.04. The maximum absolute atomic E-state index is 12.0. The molecule has 2 aliphatic heterocycles. The smallest absolute Gasteiger partial charge is 0.262 e. The summed E-state index contributed by atoms with van der Waals surface area (Å²) >= 11 is 6.86. The number of amidine groups is 1. The molecule has 1 amide bonds. The number of benzene rings is 1. The van der Waals surface area contributed by atoms with Crippen LogP contribution in [0.1, 0.15) is 0 Å². The second-order valence-corrected chi connectivity index (χ2v) is 9.26. The van der Waals surface area contributed by atoms with Gasteiger partial charge in [0, 0.05) is 11.3 Å². The van der Waals surface area contributed by atoms with Gasteiger partial charge in [-0.3, -0.25) is 4.79 Å². The number of ether oxygens (including phenoxy) is 2. The molecule has 0 N–H and O–H groups in total. The van der Waals surface area contributed by atoms with Gasteiger partial charge in [-0.25, -0.2) is 8.42 Å². The summed E-state index contributed by atoms with van der Waals surface area (Å²) in [5.41, 5.74) is 0.640. The van der Waals surface area contributed by atoms with E-state index in [0.717, 1.165) is 0 Å². The number of rotatable bonds is 4. The van der Waals surface area contributed by atoms with Gasteiger partial charge in [0.05, 0.1) is 37.5 Å². The number of hydrogen-bond acceptors (Lipinski definition) is 6. The van der Waals surface area contributed by atoms with E-state index in [1.165, 1.54) is 18.9 Å². The molecule has 2 heterocycles. The number of halogens is 1. The number of alkyl halides is 1. The lowest BCUT2D eigenvalue weighted by Crippen LogP contribution is -2.38. The quantitative estimate of drug-likeness (QED) is 0.703. The van der Waals surface area contributed by atoms with Crippen molar-refractivity contribution in [2.24, 2.45) is 4.99 Å². The Balaban J connectivity index is 2.08. The fraction of sp³-hybridized carbons (Fsp3) is 0.467. The zero-order chi connectivity index (χ0) is 18.2. The van der Waals surface area contributed by atoms with Crippen LogP contribution in [0.15, 0.2) is 23.2 Å². The first-order chi connectivity index (χ1) is 11.9. The highest BCUT2D eigenvalue weighted by Gasteiger charge is 2.50. The monoisotopic (exact) mass is 404 g/mol. The van der Waals surface area contributed by atoms with E-state index in [-0.39, 0.29) is 28.7 Å². The molecule has 25 heavy (non-hydrogen) atoms. The van der Waals surface area contributed by atoms with Crippen molar-refractivity contribution in [3.8, 4) is 11.5 Å². The number of carbonyl (C=O) groups excluding carboxylic acids is 1. The van der Waals surface area contributed by atoms with Crippen LogP contribution in [0.2, 0.25) is 0 Å². The molecule has 0 aliphatic carbocycles. The van der Waals surface area contributed by atoms with Crippen molar-refractivity contribution in [2.75, 3.05) is 36.5 Å². The van der Waals surface area contributed by atoms with Crippen molar-refractivity contribution in [2.45, 2.75) is 11.3 Å². The minimum Gasteiger partial charge on any atom is -0.497 e. The number of nitrogens with zero attached hydrogens (tertiary/aromatic N) is 2. The van der Waals surface area contributed by atoms with Crippen LogP contribution in [0.3, 0.4) is 0 Å². The molecule has 0 spiro atoms. The number of aliphatic imine (C=N–C) groups is 1. The van der Waals surface area contributed by atoms with Crippen LogP contribution < -0.4 is 14.4 Å². The Kier molecular flexibility index (Phi) is 5.17. The van der Waals surface area contributed by atoms with Gasteiger partial charge in [-0.2, -0.15) is 4.99 Å². The Labute approximate surface area is 155 Å². The predicted molar refractivity (Wildman–Crippen MR) is 99.0 cm³/mol. The van der Waals surface area contributed by atoms with Crippen LogP contribution in [0.4, 0.5) is 5.69 Å². The third kappa shape index (κ3) is 3.58. The highest BCUT2D eigenvalue weighted by Crippen LogP contribution is 2.44. The topological polar surface area (TPSA) is 85.3 Å². The van der Waals surface area contributed by atoms with Gasteiger partial charge in [-0.05, 0) is 12.1 Å². The van der Waals surface area contributed by atoms with E-state index in [2.05, 4.69) is 4.99 Å². The number of fused-ring (bicyclic) bond motifs is 1. The highest BCUT2D eigenvalue weighted by molar-refractivity contribution is 8.16. The largest absolute Gasteiger partial charge is 0.497 e. The second kappa shape index (κ2) is 7.05. The molecule has 10 heteroatoms. The number of carbonyl (C=O) groups is 1. The summed E-state index contributed by atoms with van der Waals surface area (Å²) in [6, 6.07) is 4.92. The standard InChI is InChI=1S/C15H17ClN2O5S2/c1-22-9-3-4-10(12(5-9)23-2)18-11-7-25(20,21)8-13(11)24-15(18)17-14(19)6-16/h3-5,11,13H,6-8H2,1-2H3/t11-,13+/m0/s1. The Bertz CT molecular complexity index is 827. The Hall–Kier alpha value is -1.45. The number of methoxy groups -OCH3 is 2. The van der Waals surface area contributed by atoms with E-state index < -0.39 is 15.7 Å². The summed E-state index contributed by atoms with van der Waals surface area (Å²) in [5.74, 6) is 0.490. The lowest BCUT2D eigenvalue weighted by Gasteiger charge is -2.26. The first kappa shape index (κ1) is 18.3. The Morgan fingerprint density at radius 1 is 1.36 bits per heavy atom. The van der Waals surface area contributed by atoms with Crippen LogP contribution >= 0.6 is 23.4 Å². The molecule has 2 fully saturated rings. The molecule has 2 aliphatic rings. The zero-order valence-electron chi connectivity index (χ0n) is 13.6. The SMILES string of the molecule is COc1ccc(N2C(=NC(=O)CCl)S[C@@H]3CS(=O)(=O)C[C@@H]32)c(OC)c1. The summed E-state index contributed by atoms with van der Waals surface area (Å²) in [6.07, 6.45) is 0. The van der Waals surface area contributed by atoms with Crippen LogP contribution in [0, 0.1) is 0 Å². The van der Waals surface area contributed by atoms with Crippen molar-refractivity contribution in [3.63, 3.8) is 0 Å². The lowest BCUT2D eigenvalue weighted by molar-refractivity contribution is -0.115. The third-order valence-electron chi connectivity index (χ3n) is 4.05. The van der Waals surface area contributed by atoms with Crippen molar-refractivity contribution in [1.29, 1.82) is 0 Å². The predicted octanol–water partition coefficient (Wildman–Crippen LogP) is 1.54. The van der Waals surface area contributed by atoms with Gasteiger partial charge in [0.15, 0.2) is 15.0 Å². The van der Waals surface area contributed by atoms with Crippen molar-refractivity contribution in [1.82, 2.24) is 0 Å². The van der Waals surface area contributed by atoms with Crippen LogP contribution in [-0.2, 0) is 14.6 Å². The van der Waals surface area contributed by atoms with Gasteiger partial charge >= 0.3 is 0 Å². The van der Waals surface area contributed by atoms with E-state index in [4.69, 9.17) is 21.1 Å². The molecule has 1 aromatic carbocycles. The summed E-state index contributed by atoms with van der Waals surface area (Å²) in [4.78, 5) is 17.5. The van der Waals surface area contributed by atoms with Gasteiger partial charge in [-0.1, -0.05) is 11.8 Å². The summed E-state index contributed by atoms with van der Waals surface area (Å²) in [7, 11) is -0.0640. The molecule has 2 atom stereocenters. The highest BCUT2D eigenvalue weighted by atomic mass is 35.5. The van der Waals surface area contributed by atoms with Crippen LogP contribution in [0.5, 0.6) is 11.5 Å². The molecule has 2 saturated heterocycles. The minimum absolute atomic E-state index is 0.00787. The number of sulfone groups is 1. The van der Waals surface area contributed by atoms with E-state index in [9.17, 15) is 13.2 Å². The first-order valence-corrected chi connectivity index (χ1v) is 10.7. The van der Waals surface area contributed by atoms with Crippen LogP contribution in [-0.4, -0.2) is 62.4 Å². The van der Waals surface area contributed by atoms with E-state index in [0.29, 0.717) is 22.4 Å². The summed E-state index contributed by atoms with van der Waals surface area (Å²) in [5, 5.41) is 0.262. The van der Waals surface area contributed by atoms with Gasteiger partial charge in [0.2, 0.25) is 0 Å². The molecule has 1 aromatic rings. The molecule has 3 rings (SSSR count). The van der Waals surface area contributed by atoms with E-state index in [1.807, 2.05) is 0 Å². The maximum atomic E-state index is 12.0. The van der Waals surface area contributed by atoms with E-state index in [1.54, 1.807) is 30.2 Å². The van der Waals surface area contributed by atoms with Crippen molar-refractivity contribution >= 4 is 50.0 Å². The molecule has 0 radical (unpaired) electrons. The normalized spacial score (nSPS) is 25.9. The van der Waals surface area contributed by atoms with Gasteiger partial charge in [-0.15, -0.1) is 11.6 Å². The van der Waals surface area contributed by atoms with Gasteiger partial charge in [0.1, 0.15) is 17.4 Å². The molecule has 7 nitrogen and oxygen atoms in total. The number of thioether (sulfide) groups is 1. The summed E-state index contributed by atoms with van der Waals surface area (Å²) < 4.78 is 34.7.